The third kappa shape index (κ3) is 4.34. The van der Waals surface area contributed by atoms with Crippen LogP contribution in [0.3, 0.4) is 0 Å². The Kier molecular flexibility index (Phi) is 5.60. The molecule has 0 atom stereocenters. The van der Waals surface area contributed by atoms with Gasteiger partial charge in [0, 0.05) is 12.6 Å². The first-order valence-electron chi connectivity index (χ1n) is 7.74. The molecule has 0 spiro atoms. The number of nitrogens with one attached hydrogen (secondary N) is 1. The molecule has 1 aliphatic rings. The van der Waals surface area contributed by atoms with Crippen LogP contribution in [-0.4, -0.2) is 17.1 Å². The van der Waals surface area contributed by atoms with Crippen LogP contribution < -0.4 is 5.32 Å². The molecule has 0 aliphatic heterocycles. The largest absolute Gasteiger partial charge is 0.478 e. The van der Waals surface area contributed by atoms with Crippen molar-refractivity contribution in [3.8, 4) is 0 Å². The summed E-state index contributed by atoms with van der Waals surface area (Å²) in [5.41, 5.74) is 1.43. The van der Waals surface area contributed by atoms with E-state index in [1.807, 2.05) is 12.1 Å². The van der Waals surface area contributed by atoms with E-state index in [1.54, 1.807) is 12.1 Å². The van der Waals surface area contributed by atoms with Gasteiger partial charge in [-0.2, -0.15) is 0 Å². The molecule has 1 saturated carbocycles. The Labute approximate surface area is 121 Å². The average molecular weight is 275 g/mol. The molecule has 0 aromatic heterocycles. The van der Waals surface area contributed by atoms with Crippen LogP contribution in [0.2, 0.25) is 0 Å². The predicted molar refractivity (Wildman–Crippen MR) is 80.9 cm³/mol. The standard InChI is InChI=1S/C17H25NO2/c1-2-4-13-7-9-16(10-8-13)18-12-14-5-3-6-15(11-14)17(19)20/h3,5-6,11,13,16,18H,2,4,7-10,12H2,1H3,(H,19,20). The summed E-state index contributed by atoms with van der Waals surface area (Å²) in [6.07, 6.45) is 7.84. The number of hydrogen-bond donors (Lipinski definition) is 2. The van der Waals surface area contributed by atoms with Gasteiger partial charge >= 0.3 is 5.97 Å². The minimum absolute atomic E-state index is 0.371. The molecule has 0 heterocycles. The van der Waals surface area contributed by atoms with Crippen molar-refractivity contribution in [3.63, 3.8) is 0 Å². The Morgan fingerprint density at radius 1 is 1.30 bits per heavy atom. The molecule has 0 unspecified atom stereocenters. The normalized spacial score (nSPS) is 22.6. The van der Waals surface area contributed by atoms with Crippen LogP contribution in [0.5, 0.6) is 0 Å². The van der Waals surface area contributed by atoms with Gasteiger partial charge in [0.1, 0.15) is 0 Å². The van der Waals surface area contributed by atoms with Gasteiger partial charge in [-0.1, -0.05) is 31.9 Å². The first-order valence-corrected chi connectivity index (χ1v) is 7.74. The maximum atomic E-state index is 10.9. The molecule has 3 nitrogen and oxygen atoms in total. The Bertz CT molecular complexity index is 436. The van der Waals surface area contributed by atoms with Crippen molar-refractivity contribution in [2.75, 3.05) is 0 Å². The van der Waals surface area contributed by atoms with Crippen molar-refractivity contribution in [2.24, 2.45) is 5.92 Å². The molecule has 1 aliphatic carbocycles. The molecular weight excluding hydrogens is 250 g/mol. The average Bonchev–Trinajstić information content (AvgIpc) is 2.47. The van der Waals surface area contributed by atoms with Crippen LogP contribution in [0.25, 0.3) is 0 Å². The molecular formula is C17H25NO2. The maximum Gasteiger partial charge on any atom is 0.335 e. The van der Waals surface area contributed by atoms with Gasteiger partial charge in [0.05, 0.1) is 5.56 Å². The molecule has 0 bridgehead atoms. The van der Waals surface area contributed by atoms with E-state index in [0.29, 0.717) is 11.6 Å². The lowest BCUT2D eigenvalue weighted by Crippen LogP contribution is -2.32. The highest BCUT2D eigenvalue weighted by Crippen LogP contribution is 2.27. The van der Waals surface area contributed by atoms with Crippen LogP contribution >= 0.6 is 0 Å². The summed E-state index contributed by atoms with van der Waals surface area (Å²) in [6.45, 7) is 3.03. The highest BCUT2D eigenvalue weighted by molar-refractivity contribution is 5.87. The molecule has 1 aromatic rings. The number of aromatic carboxylic acids is 1. The Morgan fingerprint density at radius 3 is 2.70 bits per heavy atom. The lowest BCUT2D eigenvalue weighted by atomic mass is 9.83. The summed E-state index contributed by atoms with van der Waals surface area (Å²) in [5, 5.41) is 12.6. The molecule has 110 valence electrons. The number of benzene rings is 1. The minimum atomic E-state index is -0.855. The lowest BCUT2D eigenvalue weighted by molar-refractivity contribution is 0.0696. The maximum absolute atomic E-state index is 10.9. The number of hydrogen-bond acceptors (Lipinski definition) is 2. The zero-order valence-corrected chi connectivity index (χ0v) is 12.3. The molecule has 0 amide bonds. The van der Waals surface area contributed by atoms with E-state index in [-0.39, 0.29) is 0 Å². The molecule has 0 saturated heterocycles. The molecule has 20 heavy (non-hydrogen) atoms. The van der Waals surface area contributed by atoms with E-state index >= 15 is 0 Å². The summed E-state index contributed by atoms with van der Waals surface area (Å²) >= 11 is 0. The fourth-order valence-electron chi connectivity index (χ4n) is 3.14. The molecule has 1 aromatic carbocycles. The molecule has 0 radical (unpaired) electrons. The monoisotopic (exact) mass is 275 g/mol. The topological polar surface area (TPSA) is 49.3 Å². The van der Waals surface area contributed by atoms with Gasteiger partial charge in [0.25, 0.3) is 0 Å². The quantitative estimate of drug-likeness (QED) is 0.829. The Morgan fingerprint density at radius 2 is 2.05 bits per heavy atom. The van der Waals surface area contributed by atoms with Gasteiger partial charge in [0.2, 0.25) is 0 Å². The second-order valence-electron chi connectivity index (χ2n) is 5.89. The van der Waals surface area contributed by atoms with Gasteiger partial charge in [-0.25, -0.2) is 4.79 Å². The highest BCUT2D eigenvalue weighted by Gasteiger charge is 2.19. The third-order valence-electron chi connectivity index (χ3n) is 4.31. The predicted octanol–water partition coefficient (Wildman–Crippen LogP) is 3.83. The lowest BCUT2D eigenvalue weighted by Gasteiger charge is -2.29. The number of rotatable bonds is 6. The third-order valence-corrected chi connectivity index (χ3v) is 4.31. The van der Waals surface area contributed by atoms with Crippen molar-refractivity contribution < 1.29 is 9.90 Å². The fourth-order valence-corrected chi connectivity index (χ4v) is 3.14. The molecule has 2 rings (SSSR count). The van der Waals surface area contributed by atoms with Crippen molar-refractivity contribution in [2.45, 2.75) is 58.0 Å². The van der Waals surface area contributed by atoms with E-state index in [4.69, 9.17) is 5.11 Å². The first kappa shape index (κ1) is 15.0. The van der Waals surface area contributed by atoms with Gasteiger partial charge < -0.3 is 10.4 Å². The van der Waals surface area contributed by atoms with E-state index < -0.39 is 5.97 Å². The zero-order valence-electron chi connectivity index (χ0n) is 12.3. The van der Waals surface area contributed by atoms with Crippen molar-refractivity contribution >= 4 is 5.97 Å². The van der Waals surface area contributed by atoms with Crippen LogP contribution in [0.4, 0.5) is 0 Å². The van der Waals surface area contributed by atoms with Crippen molar-refractivity contribution in [1.29, 1.82) is 0 Å². The Hall–Kier alpha value is -1.35. The fraction of sp³-hybridized carbons (Fsp3) is 0.588. The van der Waals surface area contributed by atoms with Gasteiger partial charge in [-0.3, -0.25) is 0 Å². The molecule has 1 fully saturated rings. The second kappa shape index (κ2) is 7.44. The molecule has 2 N–H and O–H groups in total. The van der Waals surface area contributed by atoms with E-state index in [1.165, 1.54) is 38.5 Å². The first-order chi connectivity index (χ1) is 9.69. The summed E-state index contributed by atoms with van der Waals surface area (Å²) in [7, 11) is 0. The van der Waals surface area contributed by atoms with Crippen LogP contribution in [-0.2, 0) is 6.54 Å². The number of carboxylic acids is 1. The smallest absolute Gasteiger partial charge is 0.335 e. The van der Waals surface area contributed by atoms with E-state index in [0.717, 1.165) is 18.0 Å². The van der Waals surface area contributed by atoms with Gasteiger partial charge in [-0.05, 0) is 49.3 Å². The SMILES string of the molecule is CCCC1CCC(NCc2cccc(C(=O)O)c2)CC1. The Balaban J connectivity index is 1.78. The van der Waals surface area contributed by atoms with Gasteiger partial charge in [-0.15, -0.1) is 0 Å². The van der Waals surface area contributed by atoms with Crippen LogP contribution in [0.15, 0.2) is 24.3 Å². The van der Waals surface area contributed by atoms with Crippen molar-refractivity contribution in [1.82, 2.24) is 5.32 Å². The molecule has 3 heteroatoms. The van der Waals surface area contributed by atoms with Crippen molar-refractivity contribution in [3.05, 3.63) is 35.4 Å². The number of carbonyl (C=O) groups is 1. The van der Waals surface area contributed by atoms with Gasteiger partial charge in [0.15, 0.2) is 0 Å². The van der Waals surface area contributed by atoms with Crippen LogP contribution in [0.1, 0.15) is 61.4 Å². The zero-order chi connectivity index (χ0) is 14.4. The summed E-state index contributed by atoms with van der Waals surface area (Å²) in [6, 6.07) is 7.80. The summed E-state index contributed by atoms with van der Waals surface area (Å²) in [4.78, 5) is 10.9. The summed E-state index contributed by atoms with van der Waals surface area (Å²) < 4.78 is 0. The second-order valence-corrected chi connectivity index (χ2v) is 5.89. The number of carboxylic acid groups (broad SMARTS) is 1. The summed E-state index contributed by atoms with van der Waals surface area (Å²) in [5.74, 6) is 0.0697. The highest BCUT2D eigenvalue weighted by atomic mass is 16.4. The van der Waals surface area contributed by atoms with E-state index in [2.05, 4.69) is 12.2 Å². The van der Waals surface area contributed by atoms with E-state index in [9.17, 15) is 4.79 Å². The minimum Gasteiger partial charge on any atom is -0.478 e. The van der Waals surface area contributed by atoms with Crippen LogP contribution in [0, 0.1) is 5.92 Å².